The minimum atomic E-state index is -0.610. The lowest BCUT2D eigenvalue weighted by atomic mass is 10.1. The molecule has 0 aliphatic carbocycles. The molecule has 0 saturated heterocycles. The summed E-state index contributed by atoms with van der Waals surface area (Å²) in [7, 11) is 0. The highest BCUT2D eigenvalue weighted by molar-refractivity contribution is 7.80. The molecule has 0 aliphatic rings. The zero-order valence-corrected chi connectivity index (χ0v) is 20.5. The molecule has 34 heavy (non-hydrogen) atoms. The van der Waals surface area contributed by atoms with Crippen LogP contribution in [0.1, 0.15) is 49.3 Å². The van der Waals surface area contributed by atoms with Gasteiger partial charge in [0, 0.05) is 38.3 Å². The molecule has 2 rings (SSSR count). The monoisotopic (exact) mass is 490 g/mol. The van der Waals surface area contributed by atoms with E-state index in [1.165, 1.54) is 12.1 Å². The number of aryl methyl sites for hydroxylation is 2. The Hall–Kier alpha value is -3.47. The Morgan fingerprint density at radius 1 is 0.853 bits per heavy atom. The van der Waals surface area contributed by atoms with E-state index in [2.05, 4.69) is 20.6 Å². The fraction of sp³-hybridized carbons (Fsp3) is 0.435. The van der Waals surface area contributed by atoms with Crippen molar-refractivity contribution in [3.63, 3.8) is 0 Å². The summed E-state index contributed by atoms with van der Waals surface area (Å²) in [5.41, 5.74) is -0.236. The number of rotatable bonds is 10. The second-order valence-electron chi connectivity index (χ2n) is 7.63. The predicted octanol–water partition coefficient (Wildman–Crippen LogP) is 2.18. The predicted molar refractivity (Wildman–Crippen MR) is 135 cm³/mol. The molecule has 0 amide bonds. The highest BCUT2D eigenvalue weighted by atomic mass is 32.1. The molecule has 2 aromatic heterocycles. The molecule has 0 atom stereocenters. The molecular weight excluding hydrogens is 460 g/mol. The van der Waals surface area contributed by atoms with Gasteiger partial charge in [-0.25, -0.2) is 9.59 Å². The summed E-state index contributed by atoms with van der Waals surface area (Å²) in [4.78, 5) is 32.4. The van der Waals surface area contributed by atoms with Crippen LogP contribution in [-0.2, 0) is 0 Å². The average molecular weight is 491 g/mol. The van der Waals surface area contributed by atoms with Crippen LogP contribution in [0.2, 0.25) is 0 Å². The van der Waals surface area contributed by atoms with Crippen LogP contribution in [0.25, 0.3) is 0 Å². The van der Waals surface area contributed by atoms with E-state index in [0.29, 0.717) is 67.1 Å². The van der Waals surface area contributed by atoms with E-state index in [1.54, 1.807) is 27.7 Å². The summed E-state index contributed by atoms with van der Waals surface area (Å²) in [6, 6.07) is 2.77. The van der Waals surface area contributed by atoms with Crippen LogP contribution in [0.15, 0.2) is 40.5 Å². The Morgan fingerprint density at radius 3 is 1.59 bits per heavy atom. The third-order valence-electron chi connectivity index (χ3n) is 4.77. The zero-order chi connectivity index (χ0) is 25.3. The van der Waals surface area contributed by atoms with Gasteiger partial charge >= 0.3 is 11.3 Å². The average Bonchev–Trinajstić information content (AvgIpc) is 2.71. The number of aromatic hydroxyl groups is 2. The minimum absolute atomic E-state index is 0.0760. The standard InChI is InChI=1S/C23H30N4O6S/c1-13-11-17(28)19(21(30)32-13)15(3)24-7-5-9-26-23(34)27-10-6-8-25-16(4)20-18(29)12-14(2)33-22(20)31/h11-12,28-29H,5-10H2,1-4H3,(H2,26,27,34). The first-order valence-electron chi connectivity index (χ1n) is 10.8. The van der Waals surface area contributed by atoms with Crippen LogP contribution in [0.5, 0.6) is 11.5 Å². The van der Waals surface area contributed by atoms with Crippen LogP contribution in [0.3, 0.4) is 0 Å². The van der Waals surface area contributed by atoms with E-state index >= 15 is 0 Å². The van der Waals surface area contributed by atoms with Gasteiger partial charge in [-0.05, 0) is 52.8 Å². The van der Waals surface area contributed by atoms with Gasteiger partial charge in [0.2, 0.25) is 0 Å². The minimum Gasteiger partial charge on any atom is -0.507 e. The molecule has 0 spiro atoms. The Balaban J connectivity index is 1.68. The van der Waals surface area contributed by atoms with Gasteiger partial charge < -0.3 is 29.7 Å². The van der Waals surface area contributed by atoms with Gasteiger partial charge in [0.1, 0.15) is 34.1 Å². The maximum absolute atomic E-state index is 11.9. The van der Waals surface area contributed by atoms with Crippen LogP contribution in [0, 0.1) is 13.8 Å². The molecular formula is C23H30N4O6S. The molecule has 0 unspecified atom stereocenters. The van der Waals surface area contributed by atoms with Gasteiger partial charge in [-0.15, -0.1) is 0 Å². The van der Waals surface area contributed by atoms with E-state index in [0.717, 1.165) is 0 Å². The Morgan fingerprint density at radius 2 is 1.24 bits per heavy atom. The molecule has 11 heteroatoms. The van der Waals surface area contributed by atoms with Crippen molar-refractivity contribution in [3.05, 3.63) is 55.6 Å². The third kappa shape index (κ3) is 7.84. The van der Waals surface area contributed by atoms with Crippen molar-refractivity contribution in [2.24, 2.45) is 9.98 Å². The Bertz CT molecular complexity index is 1110. The normalized spacial score (nSPS) is 12.0. The van der Waals surface area contributed by atoms with Gasteiger partial charge in [0.25, 0.3) is 0 Å². The number of hydrogen-bond acceptors (Lipinski definition) is 9. The molecule has 0 saturated carbocycles. The molecule has 0 aliphatic heterocycles. The van der Waals surface area contributed by atoms with Gasteiger partial charge in [-0.1, -0.05) is 0 Å². The second kappa shape index (κ2) is 12.7. The first-order chi connectivity index (χ1) is 16.1. The lowest BCUT2D eigenvalue weighted by molar-refractivity contribution is 0.431. The van der Waals surface area contributed by atoms with Crippen molar-refractivity contribution in [1.29, 1.82) is 0 Å². The summed E-state index contributed by atoms with van der Waals surface area (Å²) in [6.45, 7) is 8.53. The van der Waals surface area contributed by atoms with Crippen molar-refractivity contribution in [2.75, 3.05) is 26.2 Å². The fourth-order valence-corrected chi connectivity index (χ4v) is 3.34. The summed E-state index contributed by atoms with van der Waals surface area (Å²) in [5, 5.41) is 26.5. The molecule has 4 N–H and O–H groups in total. The number of thiocarbonyl (C=S) groups is 1. The van der Waals surface area contributed by atoms with Crippen LogP contribution < -0.4 is 21.9 Å². The van der Waals surface area contributed by atoms with Crippen molar-refractivity contribution in [1.82, 2.24) is 10.6 Å². The molecule has 2 heterocycles. The van der Waals surface area contributed by atoms with Crippen molar-refractivity contribution < 1.29 is 19.0 Å². The van der Waals surface area contributed by atoms with E-state index < -0.39 is 11.3 Å². The second-order valence-corrected chi connectivity index (χ2v) is 8.04. The van der Waals surface area contributed by atoms with Gasteiger partial charge in [-0.3, -0.25) is 9.98 Å². The van der Waals surface area contributed by atoms with E-state index in [9.17, 15) is 19.8 Å². The molecule has 0 aromatic carbocycles. The van der Waals surface area contributed by atoms with Crippen LogP contribution in [0.4, 0.5) is 0 Å². The first-order valence-corrected chi connectivity index (χ1v) is 11.2. The molecule has 0 fully saturated rings. The SMILES string of the molecule is CC(=NCCCNC(=S)NCCCN=C(C)c1c(O)cc(C)oc1=O)c1c(O)cc(C)oc1=O. The molecule has 2 aromatic rings. The largest absolute Gasteiger partial charge is 0.507 e. The summed E-state index contributed by atoms with van der Waals surface area (Å²) in [5.74, 6) is 0.392. The van der Waals surface area contributed by atoms with E-state index in [-0.39, 0.29) is 22.6 Å². The van der Waals surface area contributed by atoms with Gasteiger partial charge in [0.05, 0.1) is 11.4 Å². The highest BCUT2D eigenvalue weighted by Crippen LogP contribution is 2.16. The first kappa shape index (κ1) is 26.8. The number of nitrogens with one attached hydrogen (secondary N) is 2. The molecule has 0 bridgehead atoms. The quantitative estimate of drug-likeness (QED) is 0.223. The molecule has 10 nitrogen and oxygen atoms in total. The number of aliphatic imine (C=N–C) groups is 2. The topological polar surface area (TPSA) is 150 Å². The number of hydrogen-bond donors (Lipinski definition) is 4. The zero-order valence-electron chi connectivity index (χ0n) is 19.7. The third-order valence-corrected chi connectivity index (χ3v) is 5.06. The summed E-state index contributed by atoms with van der Waals surface area (Å²) >= 11 is 5.23. The Kier molecular flexibility index (Phi) is 9.99. The van der Waals surface area contributed by atoms with Crippen molar-refractivity contribution in [3.8, 4) is 11.5 Å². The van der Waals surface area contributed by atoms with Crippen LogP contribution in [-0.4, -0.2) is 52.9 Å². The van der Waals surface area contributed by atoms with E-state index in [4.69, 9.17) is 21.1 Å². The number of nitrogens with zero attached hydrogens (tertiary/aromatic N) is 2. The fourth-order valence-electron chi connectivity index (χ4n) is 3.13. The lowest BCUT2D eigenvalue weighted by Crippen LogP contribution is -2.36. The summed E-state index contributed by atoms with van der Waals surface area (Å²) < 4.78 is 10.0. The maximum Gasteiger partial charge on any atom is 0.348 e. The van der Waals surface area contributed by atoms with Crippen molar-refractivity contribution in [2.45, 2.75) is 40.5 Å². The lowest BCUT2D eigenvalue weighted by Gasteiger charge is -2.09. The molecule has 184 valence electrons. The smallest absolute Gasteiger partial charge is 0.348 e. The maximum atomic E-state index is 11.9. The Labute approximate surface area is 202 Å². The van der Waals surface area contributed by atoms with Gasteiger partial charge in [-0.2, -0.15) is 0 Å². The summed E-state index contributed by atoms with van der Waals surface area (Å²) in [6.07, 6.45) is 1.34. The van der Waals surface area contributed by atoms with Gasteiger partial charge in [0.15, 0.2) is 5.11 Å². The highest BCUT2D eigenvalue weighted by Gasteiger charge is 2.13. The van der Waals surface area contributed by atoms with E-state index in [1.807, 2.05) is 0 Å². The van der Waals surface area contributed by atoms with Crippen LogP contribution >= 0.6 is 12.2 Å². The molecule has 0 radical (unpaired) electrons. The van der Waals surface area contributed by atoms with Crippen molar-refractivity contribution >= 4 is 28.8 Å².